The zero-order valence-electron chi connectivity index (χ0n) is 4.65. The van der Waals surface area contributed by atoms with Crippen molar-refractivity contribution in [3.05, 3.63) is 24.4 Å². The third kappa shape index (κ3) is 1.64. The first-order valence-corrected chi connectivity index (χ1v) is 2.45. The average molecular weight is 121 g/mol. The molecule has 0 aliphatic heterocycles. The zero-order valence-corrected chi connectivity index (χ0v) is 4.65. The molecule has 0 spiro atoms. The molecule has 0 fully saturated rings. The van der Waals surface area contributed by atoms with Gasteiger partial charge in [-0.1, -0.05) is 0 Å². The first kappa shape index (κ1) is 5.94. The molecule has 0 aliphatic carbocycles. The first-order valence-electron chi connectivity index (χ1n) is 2.45. The van der Waals surface area contributed by atoms with Crippen LogP contribution in [0.25, 0.3) is 0 Å². The van der Waals surface area contributed by atoms with Gasteiger partial charge in [-0.05, 0) is 0 Å². The van der Waals surface area contributed by atoms with Crippen molar-refractivity contribution in [2.24, 2.45) is 0 Å². The van der Waals surface area contributed by atoms with E-state index in [-0.39, 0.29) is 0 Å². The molecule has 1 aromatic rings. The molecule has 1 rings (SSSR count). The summed E-state index contributed by atoms with van der Waals surface area (Å²) < 4.78 is 14.1. The van der Waals surface area contributed by atoms with Gasteiger partial charge in [0.1, 0.15) is 0 Å². The van der Waals surface area contributed by atoms with E-state index in [0.29, 0.717) is 13.2 Å². The number of nitrogens with zero attached hydrogens (tertiary/aromatic N) is 1. The van der Waals surface area contributed by atoms with Gasteiger partial charge in [-0.25, -0.2) is 0 Å². The second-order valence-corrected chi connectivity index (χ2v) is 1.38. The predicted molar refractivity (Wildman–Crippen MR) is 31.3 cm³/mol. The molecular weight excluding hydrogens is 117 g/mol. The molecule has 0 aliphatic rings. The minimum absolute atomic E-state index is 0.326. The fourth-order valence-corrected chi connectivity index (χ4v) is 0.466. The molecule has 0 saturated heterocycles. The Balaban J connectivity index is 2.72. The van der Waals surface area contributed by atoms with Gasteiger partial charge in [0.05, 0.1) is 0 Å². The molecule has 0 amide bonds. The number of rotatable bonds is 2. The quantitative estimate of drug-likeness (QED) is 0.532. The van der Waals surface area contributed by atoms with Gasteiger partial charge in [-0.3, -0.25) is 0 Å². The van der Waals surface area contributed by atoms with Crippen molar-refractivity contribution in [1.82, 2.24) is 4.98 Å². The van der Waals surface area contributed by atoms with Gasteiger partial charge in [-0.2, -0.15) is 0 Å². The number of pyridine rings is 1. The Hall–Kier alpha value is -1.19. The number of aromatic nitrogens is 1. The fourth-order valence-electron chi connectivity index (χ4n) is 0.466. The third-order valence-electron chi connectivity index (χ3n) is 0.807. The molecule has 0 unspecified atom stereocenters. The average Bonchev–Trinajstić information content (AvgIpc) is 1.91. The van der Waals surface area contributed by atoms with Crippen LogP contribution in [0.3, 0.4) is 0 Å². The summed E-state index contributed by atoms with van der Waals surface area (Å²) in [6.45, 7) is 0. The Morgan fingerprint density at radius 3 is 3.00 bits per heavy atom. The molecule has 0 bridgehead atoms. The van der Waals surface area contributed by atoms with Crippen LogP contribution in [0.15, 0.2) is 24.4 Å². The zero-order chi connectivity index (χ0) is 6.53. The van der Waals surface area contributed by atoms with E-state index in [9.17, 15) is 4.70 Å². The fraction of sp³-hybridized carbons (Fsp3) is 0. The maximum absolute atomic E-state index is 9.71. The standard InChI is InChI=1S/C5H4BNO2/c8-6-9-5-3-1-2-4-7-5/h1-4H. The monoisotopic (exact) mass is 121 g/mol. The van der Waals surface area contributed by atoms with Crippen molar-refractivity contribution in [3.63, 3.8) is 0 Å². The molecule has 0 aromatic carbocycles. The Labute approximate surface area is 53.0 Å². The van der Waals surface area contributed by atoms with Crippen LogP contribution < -0.4 is 4.65 Å². The van der Waals surface area contributed by atoms with Crippen LogP contribution in [0, 0.1) is 0 Å². The second kappa shape index (κ2) is 2.97. The van der Waals surface area contributed by atoms with Crippen LogP contribution in [-0.4, -0.2) is 12.3 Å². The van der Waals surface area contributed by atoms with E-state index in [2.05, 4.69) is 9.64 Å². The van der Waals surface area contributed by atoms with Crippen molar-refractivity contribution in [3.8, 4) is 5.88 Å². The summed E-state index contributed by atoms with van der Waals surface area (Å²) in [7, 11) is 0.350. The van der Waals surface area contributed by atoms with E-state index in [1.807, 2.05) is 0 Å². The molecule has 9 heavy (non-hydrogen) atoms. The van der Waals surface area contributed by atoms with Crippen LogP contribution in [0.1, 0.15) is 0 Å². The Bertz CT molecular complexity index is 189. The predicted octanol–water partition coefficient (Wildman–Crippen LogP) is 0.425. The summed E-state index contributed by atoms with van der Waals surface area (Å²) >= 11 is 0. The summed E-state index contributed by atoms with van der Waals surface area (Å²) in [5.41, 5.74) is 0. The van der Waals surface area contributed by atoms with Crippen molar-refractivity contribution >= 4 is 7.35 Å². The van der Waals surface area contributed by atoms with Crippen LogP contribution in [0.4, 0.5) is 0 Å². The van der Waals surface area contributed by atoms with Crippen molar-refractivity contribution in [1.29, 1.82) is 0 Å². The Morgan fingerprint density at radius 2 is 2.44 bits per heavy atom. The normalized spacial score (nSPS) is 8.00. The van der Waals surface area contributed by atoms with Crippen LogP contribution >= 0.6 is 0 Å². The Kier molecular flexibility index (Phi) is 1.96. The molecule has 0 N–H and O–H groups in total. The molecule has 3 nitrogen and oxygen atoms in total. The van der Waals surface area contributed by atoms with Gasteiger partial charge >= 0.3 is 52.0 Å². The first-order chi connectivity index (χ1) is 4.43. The van der Waals surface area contributed by atoms with E-state index >= 15 is 0 Å². The van der Waals surface area contributed by atoms with Gasteiger partial charge in [0.15, 0.2) is 0 Å². The number of hydrogen-bond donors (Lipinski definition) is 0. The van der Waals surface area contributed by atoms with Gasteiger partial charge in [-0.15, -0.1) is 0 Å². The van der Waals surface area contributed by atoms with Gasteiger partial charge in [0.25, 0.3) is 0 Å². The SMILES string of the molecule is O=BOc1ccccn1. The van der Waals surface area contributed by atoms with Crippen molar-refractivity contribution in [2.75, 3.05) is 0 Å². The van der Waals surface area contributed by atoms with Crippen molar-refractivity contribution in [2.45, 2.75) is 0 Å². The molecule has 44 valence electrons. The molecule has 0 atom stereocenters. The van der Waals surface area contributed by atoms with E-state index in [0.717, 1.165) is 0 Å². The molecule has 0 saturated carbocycles. The van der Waals surface area contributed by atoms with Gasteiger partial charge in [0.2, 0.25) is 0 Å². The molecule has 4 heteroatoms. The second-order valence-electron chi connectivity index (χ2n) is 1.38. The Morgan fingerprint density at radius 1 is 1.56 bits per heavy atom. The third-order valence-corrected chi connectivity index (χ3v) is 0.807. The van der Waals surface area contributed by atoms with E-state index in [4.69, 9.17) is 0 Å². The summed E-state index contributed by atoms with van der Waals surface area (Å²) in [6.07, 6.45) is 1.55. The summed E-state index contributed by atoms with van der Waals surface area (Å²) in [5.74, 6) is 0.326. The minimum atomic E-state index is 0.326. The molecular formula is C5H4BNO2. The van der Waals surface area contributed by atoms with Gasteiger partial charge in [0, 0.05) is 0 Å². The topological polar surface area (TPSA) is 39.2 Å². The van der Waals surface area contributed by atoms with Crippen molar-refractivity contribution < 1.29 is 9.36 Å². The van der Waals surface area contributed by atoms with Crippen LogP contribution in [-0.2, 0) is 4.70 Å². The van der Waals surface area contributed by atoms with Crippen LogP contribution in [0.2, 0.25) is 0 Å². The maximum atomic E-state index is 9.71. The number of hydrogen-bond acceptors (Lipinski definition) is 3. The summed E-state index contributed by atoms with van der Waals surface area (Å²) in [5, 5.41) is 0. The summed E-state index contributed by atoms with van der Waals surface area (Å²) in [4.78, 5) is 3.72. The van der Waals surface area contributed by atoms with E-state index in [1.165, 1.54) is 0 Å². The van der Waals surface area contributed by atoms with Gasteiger partial charge < -0.3 is 0 Å². The van der Waals surface area contributed by atoms with E-state index < -0.39 is 0 Å². The molecule has 0 radical (unpaired) electrons. The summed E-state index contributed by atoms with van der Waals surface area (Å²) in [6, 6.07) is 5.10. The van der Waals surface area contributed by atoms with E-state index in [1.54, 1.807) is 24.4 Å². The molecule has 1 aromatic heterocycles. The van der Waals surface area contributed by atoms with Crippen LogP contribution in [0.5, 0.6) is 5.88 Å². The molecule has 1 heterocycles.